The minimum absolute atomic E-state index is 0.0303. The maximum absolute atomic E-state index is 12.4. The van der Waals surface area contributed by atoms with Crippen LogP contribution in [0, 0.1) is 24.0 Å². The van der Waals surface area contributed by atoms with E-state index in [1.165, 1.54) is 26.2 Å². The molecular weight excluding hydrogens is 338 g/mol. The van der Waals surface area contributed by atoms with Crippen LogP contribution < -0.4 is 4.74 Å². The molecule has 0 aromatic heterocycles. The van der Waals surface area contributed by atoms with Crippen LogP contribution in [-0.2, 0) is 4.74 Å². The van der Waals surface area contributed by atoms with Crippen LogP contribution in [0.3, 0.4) is 0 Å². The molecule has 2 aromatic carbocycles. The molecule has 1 atom stereocenters. The highest BCUT2D eigenvalue weighted by Crippen LogP contribution is 2.28. The number of hydrogen-bond acceptors (Lipinski definition) is 6. The van der Waals surface area contributed by atoms with Crippen molar-refractivity contribution in [3.05, 3.63) is 68.8 Å². The van der Waals surface area contributed by atoms with Gasteiger partial charge in [0.1, 0.15) is 0 Å². The summed E-state index contributed by atoms with van der Waals surface area (Å²) < 4.78 is 10.1. The summed E-state index contributed by atoms with van der Waals surface area (Å²) in [4.78, 5) is 35.1. The van der Waals surface area contributed by atoms with Crippen molar-refractivity contribution in [1.29, 1.82) is 0 Å². The number of ketones is 1. The maximum atomic E-state index is 12.4. The molecule has 0 fully saturated rings. The second-order valence-electron chi connectivity index (χ2n) is 5.85. The minimum atomic E-state index is -1.02. The molecule has 136 valence electrons. The molecule has 2 rings (SSSR count). The molecule has 2 aromatic rings. The number of Topliss-reactive ketones (excluding diaryl/α,β-unsaturated/α-hetero) is 1. The van der Waals surface area contributed by atoms with Crippen molar-refractivity contribution >= 4 is 17.4 Å². The summed E-state index contributed by atoms with van der Waals surface area (Å²) in [5.74, 6) is -1.13. The molecule has 7 nitrogen and oxygen atoms in total. The summed E-state index contributed by atoms with van der Waals surface area (Å²) in [7, 11) is 1.30. The van der Waals surface area contributed by atoms with E-state index in [9.17, 15) is 19.7 Å². The van der Waals surface area contributed by atoms with E-state index >= 15 is 0 Å². The van der Waals surface area contributed by atoms with E-state index < -0.39 is 17.0 Å². The molecule has 0 aliphatic heterocycles. The van der Waals surface area contributed by atoms with E-state index in [0.717, 1.165) is 17.2 Å². The van der Waals surface area contributed by atoms with Crippen LogP contribution in [0.25, 0.3) is 0 Å². The van der Waals surface area contributed by atoms with Gasteiger partial charge in [-0.05, 0) is 50.1 Å². The lowest BCUT2D eigenvalue weighted by molar-refractivity contribution is -0.385. The lowest BCUT2D eigenvalue weighted by atomic mass is 10.0. The summed E-state index contributed by atoms with van der Waals surface area (Å²) in [5.41, 5.74) is 2.07. The monoisotopic (exact) mass is 357 g/mol. The van der Waals surface area contributed by atoms with Gasteiger partial charge in [0.15, 0.2) is 11.9 Å². The van der Waals surface area contributed by atoms with Crippen molar-refractivity contribution in [3.63, 3.8) is 0 Å². The number of esters is 1. The number of hydrogen-bond donors (Lipinski definition) is 0. The van der Waals surface area contributed by atoms with Crippen LogP contribution in [0.4, 0.5) is 5.69 Å². The van der Waals surface area contributed by atoms with E-state index in [1.54, 1.807) is 12.1 Å². The van der Waals surface area contributed by atoms with Gasteiger partial charge >= 0.3 is 11.7 Å². The summed E-state index contributed by atoms with van der Waals surface area (Å²) in [6.07, 6.45) is -1.02. The van der Waals surface area contributed by atoms with Crippen LogP contribution in [0.1, 0.15) is 38.8 Å². The number of nitro benzene ring substituents is 1. The standard InChI is InChI=1S/C19H19NO6/c1-11-5-6-14(9-12(11)2)18(21)13(3)26-19(22)15-7-8-17(25-4)16(10-15)20(23)24/h5-10,13H,1-4H3/t13-/m0/s1. The minimum Gasteiger partial charge on any atom is -0.490 e. The van der Waals surface area contributed by atoms with Crippen molar-refractivity contribution in [2.75, 3.05) is 7.11 Å². The van der Waals surface area contributed by atoms with Gasteiger partial charge in [0.25, 0.3) is 0 Å². The first-order chi connectivity index (χ1) is 12.2. The Bertz CT molecular complexity index is 874. The Morgan fingerprint density at radius 1 is 1.04 bits per heavy atom. The van der Waals surface area contributed by atoms with E-state index in [-0.39, 0.29) is 22.8 Å². The number of rotatable bonds is 6. The predicted octanol–water partition coefficient (Wildman–Crippen LogP) is 3.65. The first-order valence-corrected chi connectivity index (χ1v) is 7.89. The average Bonchev–Trinajstić information content (AvgIpc) is 2.62. The van der Waals surface area contributed by atoms with Gasteiger partial charge in [-0.2, -0.15) is 0 Å². The van der Waals surface area contributed by atoms with E-state index in [2.05, 4.69) is 0 Å². The highest BCUT2D eigenvalue weighted by Gasteiger charge is 2.23. The zero-order valence-corrected chi connectivity index (χ0v) is 14.9. The van der Waals surface area contributed by atoms with Crippen LogP contribution in [-0.4, -0.2) is 29.9 Å². The van der Waals surface area contributed by atoms with Crippen molar-refractivity contribution < 1.29 is 24.0 Å². The van der Waals surface area contributed by atoms with Gasteiger partial charge in [-0.3, -0.25) is 14.9 Å². The smallest absolute Gasteiger partial charge is 0.339 e. The fourth-order valence-corrected chi connectivity index (χ4v) is 2.37. The third kappa shape index (κ3) is 4.05. The molecule has 0 saturated carbocycles. The Morgan fingerprint density at radius 3 is 2.27 bits per heavy atom. The third-order valence-corrected chi connectivity index (χ3v) is 4.06. The number of benzene rings is 2. The molecule has 0 aliphatic rings. The second kappa shape index (κ2) is 7.77. The first-order valence-electron chi connectivity index (χ1n) is 7.89. The Morgan fingerprint density at radius 2 is 1.69 bits per heavy atom. The average molecular weight is 357 g/mol. The molecule has 0 aliphatic carbocycles. The van der Waals surface area contributed by atoms with Gasteiger partial charge in [-0.1, -0.05) is 12.1 Å². The van der Waals surface area contributed by atoms with Crippen LogP contribution in [0.5, 0.6) is 5.75 Å². The van der Waals surface area contributed by atoms with E-state index in [0.29, 0.717) is 5.56 Å². The fraction of sp³-hybridized carbons (Fsp3) is 0.263. The lowest BCUT2D eigenvalue weighted by Gasteiger charge is -2.13. The molecule has 26 heavy (non-hydrogen) atoms. The Labute approximate surface area is 150 Å². The molecule has 7 heteroatoms. The van der Waals surface area contributed by atoms with Crippen LogP contribution in [0.15, 0.2) is 36.4 Å². The van der Waals surface area contributed by atoms with Gasteiger partial charge in [-0.25, -0.2) is 4.79 Å². The van der Waals surface area contributed by atoms with Gasteiger partial charge in [0.05, 0.1) is 17.6 Å². The molecule has 0 N–H and O–H groups in total. The number of methoxy groups -OCH3 is 1. The van der Waals surface area contributed by atoms with Crippen molar-refractivity contribution in [2.24, 2.45) is 0 Å². The second-order valence-corrected chi connectivity index (χ2v) is 5.85. The maximum Gasteiger partial charge on any atom is 0.339 e. The van der Waals surface area contributed by atoms with E-state index in [1.807, 2.05) is 19.9 Å². The lowest BCUT2D eigenvalue weighted by Crippen LogP contribution is -2.24. The summed E-state index contributed by atoms with van der Waals surface area (Å²) in [5, 5.41) is 11.0. The predicted molar refractivity (Wildman–Crippen MR) is 94.8 cm³/mol. The molecule has 0 radical (unpaired) electrons. The number of carbonyl (C=O) groups excluding carboxylic acids is 2. The molecule has 0 saturated heterocycles. The zero-order chi connectivity index (χ0) is 19.4. The molecule has 0 amide bonds. The van der Waals surface area contributed by atoms with Gasteiger partial charge < -0.3 is 9.47 Å². The van der Waals surface area contributed by atoms with Crippen molar-refractivity contribution in [1.82, 2.24) is 0 Å². The molecule has 0 unspecified atom stereocenters. The first kappa shape index (κ1) is 19.1. The third-order valence-electron chi connectivity index (χ3n) is 4.06. The summed E-state index contributed by atoms with van der Waals surface area (Å²) >= 11 is 0. The number of ether oxygens (including phenoxy) is 2. The van der Waals surface area contributed by atoms with Crippen molar-refractivity contribution in [3.8, 4) is 5.75 Å². The number of carbonyl (C=O) groups is 2. The van der Waals surface area contributed by atoms with Gasteiger partial charge in [0, 0.05) is 11.6 Å². The van der Waals surface area contributed by atoms with Crippen LogP contribution >= 0.6 is 0 Å². The highest BCUT2D eigenvalue weighted by atomic mass is 16.6. The van der Waals surface area contributed by atoms with Gasteiger partial charge in [-0.15, -0.1) is 0 Å². The molecule has 0 spiro atoms. The number of nitro groups is 1. The SMILES string of the molecule is COc1ccc(C(=O)O[C@@H](C)C(=O)c2ccc(C)c(C)c2)cc1[N+](=O)[O-]. The quantitative estimate of drug-likeness (QED) is 0.339. The summed E-state index contributed by atoms with van der Waals surface area (Å²) in [6, 6.07) is 8.96. The largest absolute Gasteiger partial charge is 0.490 e. The summed E-state index contributed by atoms with van der Waals surface area (Å²) in [6.45, 7) is 5.29. The number of aryl methyl sites for hydroxylation is 2. The Hall–Kier alpha value is -3.22. The van der Waals surface area contributed by atoms with Crippen LogP contribution in [0.2, 0.25) is 0 Å². The highest BCUT2D eigenvalue weighted by molar-refractivity contribution is 6.01. The normalized spacial score (nSPS) is 11.5. The number of nitrogens with zero attached hydrogens (tertiary/aromatic N) is 1. The van der Waals surface area contributed by atoms with Gasteiger partial charge in [0.2, 0.25) is 5.78 Å². The van der Waals surface area contributed by atoms with Crippen molar-refractivity contribution in [2.45, 2.75) is 26.9 Å². The molecular formula is C19H19NO6. The van der Waals surface area contributed by atoms with E-state index in [4.69, 9.17) is 9.47 Å². The topological polar surface area (TPSA) is 95.7 Å². The molecule has 0 heterocycles. The molecule has 0 bridgehead atoms. The Balaban J connectivity index is 2.18. The Kier molecular flexibility index (Phi) is 5.71. The zero-order valence-electron chi connectivity index (χ0n) is 14.9. The fourth-order valence-electron chi connectivity index (χ4n) is 2.37.